The Balaban J connectivity index is 0. The van der Waals surface area contributed by atoms with Gasteiger partial charge in [0.05, 0.1) is 6.61 Å². The second kappa shape index (κ2) is 7.10. The first-order valence-corrected chi connectivity index (χ1v) is 3.34. The molecule has 0 bridgehead atoms. The molecule has 0 fully saturated rings. The number of carbonyl (C=O) groups excluding carboxylic acids is 2. The molecule has 5 heteroatoms. The molecule has 0 heterocycles. The van der Waals surface area contributed by atoms with Gasteiger partial charge in [-0.2, -0.15) is 0 Å². The van der Waals surface area contributed by atoms with Gasteiger partial charge in [-0.25, -0.2) is 4.79 Å². The van der Waals surface area contributed by atoms with Crippen molar-refractivity contribution < 1.29 is 14.3 Å². The van der Waals surface area contributed by atoms with Gasteiger partial charge in [0.2, 0.25) is 0 Å². The molecule has 0 rings (SSSR count). The molecule has 0 saturated carbocycles. The van der Waals surface area contributed by atoms with Crippen molar-refractivity contribution in [1.29, 1.82) is 0 Å². The summed E-state index contributed by atoms with van der Waals surface area (Å²) >= 11 is 5.32. The molecule has 0 spiro atoms. The quantitative estimate of drug-likeness (QED) is 0.277. The summed E-state index contributed by atoms with van der Waals surface area (Å²) in [5.41, 5.74) is 0. The Hall–Kier alpha value is 0.430. The summed E-state index contributed by atoms with van der Waals surface area (Å²) in [5, 5.41) is -1.14. The van der Waals surface area contributed by atoms with Crippen LogP contribution in [0.1, 0.15) is 13.8 Å². The summed E-state index contributed by atoms with van der Waals surface area (Å²) < 4.78 is 4.47. The second-order valence-corrected chi connectivity index (χ2v) is 2.16. The number of esters is 1. The second-order valence-electron chi connectivity index (χ2n) is 1.73. The van der Waals surface area contributed by atoms with E-state index in [1.807, 2.05) is 0 Å². The van der Waals surface area contributed by atoms with Gasteiger partial charge in [0, 0.05) is 29.6 Å². The van der Waals surface area contributed by atoms with E-state index in [0.717, 1.165) is 0 Å². The molecule has 59 valence electrons. The number of alkyl halides is 1. The van der Waals surface area contributed by atoms with Gasteiger partial charge in [-0.1, -0.05) is 0 Å². The third kappa shape index (κ3) is 5.67. The van der Waals surface area contributed by atoms with Crippen LogP contribution in [0.5, 0.6) is 0 Å². The largest absolute Gasteiger partial charge is 0.465 e. The summed E-state index contributed by atoms with van der Waals surface area (Å²) in [6.07, 6.45) is 0. The molecule has 0 N–H and O–H groups in total. The third-order valence-corrected chi connectivity index (χ3v) is 1.34. The van der Waals surface area contributed by atoms with Gasteiger partial charge in [0.25, 0.3) is 0 Å². The zero-order valence-corrected chi connectivity index (χ0v) is 9.64. The Bertz CT molecular complexity index is 149. The zero-order valence-electron chi connectivity index (χ0n) is 6.89. The first kappa shape index (κ1) is 14.0. The Morgan fingerprint density at radius 1 is 1.55 bits per heavy atom. The molecule has 1 unspecified atom stereocenters. The van der Waals surface area contributed by atoms with Gasteiger partial charge in [-0.05, 0) is 13.8 Å². The molecule has 0 aromatic heterocycles. The summed E-state index contributed by atoms with van der Waals surface area (Å²) in [6.45, 7) is 3.14. The van der Waals surface area contributed by atoms with Crippen LogP contribution in [0, 0.1) is 0 Å². The third-order valence-electron chi connectivity index (χ3n) is 0.850. The van der Waals surface area contributed by atoms with Gasteiger partial charge >= 0.3 is 5.97 Å². The van der Waals surface area contributed by atoms with Crippen LogP contribution in [0.15, 0.2) is 0 Å². The average molecular weight is 188 g/mol. The Kier molecular flexibility index (Phi) is 9.02. The Morgan fingerprint density at radius 2 is 2.00 bits per heavy atom. The first-order valence-electron chi connectivity index (χ1n) is 2.90. The predicted molar refractivity (Wildman–Crippen MR) is 42.7 cm³/mol. The standard InChI is InChI=1S/C6H9ClO3.Na/c1-3-10-6(9)5(7)4(2)8;/h5H,3H2,1-2H3;. The molecule has 0 aromatic rings. The van der Waals surface area contributed by atoms with Crippen molar-refractivity contribution in [2.45, 2.75) is 19.2 Å². The summed E-state index contributed by atoms with van der Waals surface area (Å²) in [6, 6.07) is 0. The van der Waals surface area contributed by atoms with Crippen LogP contribution in [0.4, 0.5) is 0 Å². The number of rotatable bonds is 3. The van der Waals surface area contributed by atoms with Crippen LogP contribution >= 0.6 is 11.6 Å². The van der Waals surface area contributed by atoms with Crippen LogP contribution in [-0.4, -0.2) is 53.3 Å². The van der Waals surface area contributed by atoms with E-state index in [9.17, 15) is 9.59 Å². The molecular weight excluding hydrogens is 179 g/mol. The van der Waals surface area contributed by atoms with Crippen molar-refractivity contribution in [3.05, 3.63) is 0 Å². The van der Waals surface area contributed by atoms with Gasteiger partial charge in [-0.15, -0.1) is 11.6 Å². The number of hydrogen-bond donors (Lipinski definition) is 0. The van der Waals surface area contributed by atoms with Gasteiger partial charge < -0.3 is 4.74 Å². The fraction of sp³-hybridized carbons (Fsp3) is 0.667. The number of halogens is 1. The van der Waals surface area contributed by atoms with Gasteiger partial charge in [-0.3, -0.25) is 4.79 Å². The minimum Gasteiger partial charge on any atom is -0.465 e. The smallest absolute Gasteiger partial charge is 0.331 e. The van der Waals surface area contributed by atoms with Crippen molar-refractivity contribution in [2.24, 2.45) is 0 Å². The van der Waals surface area contributed by atoms with Crippen molar-refractivity contribution in [3.63, 3.8) is 0 Å². The van der Waals surface area contributed by atoms with E-state index in [1.54, 1.807) is 6.92 Å². The number of hydrogen-bond acceptors (Lipinski definition) is 3. The van der Waals surface area contributed by atoms with E-state index in [1.165, 1.54) is 6.92 Å². The molecule has 3 nitrogen and oxygen atoms in total. The normalized spacial score (nSPS) is 11.2. The van der Waals surface area contributed by atoms with Crippen molar-refractivity contribution >= 4 is 52.9 Å². The maximum absolute atomic E-state index is 10.6. The maximum Gasteiger partial charge on any atom is 0.331 e. The molecule has 0 saturated heterocycles. The van der Waals surface area contributed by atoms with E-state index in [4.69, 9.17) is 11.6 Å². The first-order chi connectivity index (χ1) is 4.59. The van der Waals surface area contributed by atoms with Crippen LogP contribution in [-0.2, 0) is 14.3 Å². The minimum atomic E-state index is -1.14. The minimum absolute atomic E-state index is 0. The van der Waals surface area contributed by atoms with E-state index < -0.39 is 11.3 Å². The van der Waals surface area contributed by atoms with Crippen LogP contribution in [0.2, 0.25) is 0 Å². The number of ketones is 1. The van der Waals surface area contributed by atoms with E-state index in [0.29, 0.717) is 0 Å². The van der Waals surface area contributed by atoms with Gasteiger partial charge in [0.15, 0.2) is 11.2 Å². The van der Waals surface area contributed by atoms with Crippen molar-refractivity contribution in [3.8, 4) is 0 Å². The molecule has 0 aliphatic rings. The van der Waals surface area contributed by atoms with E-state index >= 15 is 0 Å². The average Bonchev–Trinajstić information content (AvgIpc) is 1.87. The molecular formula is C6H9ClNaO3. The van der Waals surface area contributed by atoms with Crippen LogP contribution < -0.4 is 0 Å². The topological polar surface area (TPSA) is 43.4 Å². The maximum atomic E-state index is 10.6. The molecule has 0 amide bonds. The number of Topliss-reactive ketones (excluding diaryl/α,β-unsaturated/α-hetero) is 1. The van der Waals surface area contributed by atoms with E-state index in [2.05, 4.69) is 4.74 Å². The van der Waals surface area contributed by atoms with Crippen molar-refractivity contribution in [2.75, 3.05) is 6.61 Å². The predicted octanol–water partition coefficient (Wildman–Crippen LogP) is 0.365. The molecule has 0 aliphatic heterocycles. The SMILES string of the molecule is CCOC(=O)C(Cl)C(C)=O.[Na]. The molecule has 11 heavy (non-hydrogen) atoms. The van der Waals surface area contributed by atoms with Crippen LogP contribution in [0.3, 0.4) is 0 Å². The Morgan fingerprint density at radius 3 is 2.27 bits per heavy atom. The number of ether oxygens (including phenoxy) is 1. The fourth-order valence-corrected chi connectivity index (χ4v) is 0.444. The monoisotopic (exact) mass is 187 g/mol. The zero-order chi connectivity index (χ0) is 8.15. The van der Waals surface area contributed by atoms with Gasteiger partial charge in [0.1, 0.15) is 0 Å². The summed E-state index contributed by atoms with van der Waals surface area (Å²) in [4.78, 5) is 21.0. The van der Waals surface area contributed by atoms with E-state index in [-0.39, 0.29) is 41.9 Å². The molecule has 0 aliphatic carbocycles. The molecule has 1 atom stereocenters. The number of carbonyl (C=O) groups is 2. The van der Waals surface area contributed by atoms with Crippen LogP contribution in [0.25, 0.3) is 0 Å². The summed E-state index contributed by atoms with van der Waals surface area (Å²) in [5.74, 6) is -1.06. The molecule has 0 aromatic carbocycles. The summed E-state index contributed by atoms with van der Waals surface area (Å²) in [7, 11) is 0. The molecule has 1 radical (unpaired) electrons. The fourth-order valence-electron chi connectivity index (χ4n) is 0.381. The Labute approximate surface area is 92.7 Å². The van der Waals surface area contributed by atoms with Crippen molar-refractivity contribution in [1.82, 2.24) is 0 Å².